The quantitative estimate of drug-likeness (QED) is 0.486. The van der Waals surface area contributed by atoms with Crippen LogP contribution in [-0.4, -0.2) is 74.3 Å². The number of anilines is 1. The standard InChI is InChI=1S/C21H28N4O4S/c1-2-29-21(27)19-18(15-12-14-4-3-5-16(14)23-20(15)30-19)24-17(26)13-22-6-7-25-8-10-28-11-9-25/h12,22H,2-11,13H2,1H3,(H,24,26). The summed E-state index contributed by atoms with van der Waals surface area (Å²) in [5.41, 5.74) is 2.83. The first kappa shape index (κ1) is 21.2. The Bertz CT molecular complexity index is 923. The van der Waals surface area contributed by atoms with Gasteiger partial charge in [-0.15, -0.1) is 11.3 Å². The molecule has 0 aromatic carbocycles. The number of pyridine rings is 1. The fourth-order valence-electron chi connectivity index (χ4n) is 3.89. The van der Waals surface area contributed by atoms with E-state index in [9.17, 15) is 9.59 Å². The van der Waals surface area contributed by atoms with E-state index in [-0.39, 0.29) is 19.1 Å². The molecule has 162 valence electrons. The summed E-state index contributed by atoms with van der Waals surface area (Å²) < 4.78 is 10.6. The number of aromatic nitrogens is 1. The maximum absolute atomic E-state index is 12.6. The summed E-state index contributed by atoms with van der Waals surface area (Å²) in [7, 11) is 0. The molecule has 0 bridgehead atoms. The Labute approximate surface area is 179 Å². The number of nitrogens with one attached hydrogen (secondary N) is 2. The molecule has 1 fully saturated rings. The van der Waals surface area contributed by atoms with Crippen molar-refractivity contribution in [3.63, 3.8) is 0 Å². The summed E-state index contributed by atoms with van der Waals surface area (Å²) >= 11 is 1.29. The molecule has 0 saturated carbocycles. The molecule has 0 radical (unpaired) electrons. The van der Waals surface area contributed by atoms with E-state index in [0.29, 0.717) is 10.6 Å². The zero-order valence-electron chi connectivity index (χ0n) is 17.3. The van der Waals surface area contributed by atoms with Gasteiger partial charge in [0.25, 0.3) is 0 Å². The minimum absolute atomic E-state index is 0.178. The Balaban J connectivity index is 1.44. The van der Waals surface area contributed by atoms with E-state index < -0.39 is 5.97 Å². The molecule has 2 aromatic rings. The number of hydrogen-bond donors (Lipinski definition) is 2. The zero-order chi connectivity index (χ0) is 20.9. The van der Waals surface area contributed by atoms with Crippen molar-refractivity contribution >= 4 is 39.1 Å². The first-order chi connectivity index (χ1) is 14.7. The molecule has 4 rings (SSSR count). The van der Waals surface area contributed by atoms with Gasteiger partial charge in [0.1, 0.15) is 9.71 Å². The van der Waals surface area contributed by atoms with Gasteiger partial charge in [-0.3, -0.25) is 9.69 Å². The number of rotatable bonds is 8. The van der Waals surface area contributed by atoms with Crippen LogP contribution in [-0.2, 0) is 27.1 Å². The molecule has 0 atom stereocenters. The lowest BCUT2D eigenvalue weighted by atomic mass is 10.1. The van der Waals surface area contributed by atoms with Crippen LogP contribution in [0.25, 0.3) is 10.2 Å². The van der Waals surface area contributed by atoms with E-state index in [1.807, 2.05) is 0 Å². The van der Waals surface area contributed by atoms with Gasteiger partial charge in [-0.05, 0) is 37.8 Å². The van der Waals surface area contributed by atoms with Crippen molar-refractivity contribution in [3.05, 3.63) is 22.2 Å². The summed E-state index contributed by atoms with van der Waals surface area (Å²) in [4.78, 5) is 33.3. The molecule has 9 heteroatoms. The van der Waals surface area contributed by atoms with Crippen molar-refractivity contribution in [1.29, 1.82) is 0 Å². The van der Waals surface area contributed by atoms with Gasteiger partial charge in [0, 0.05) is 37.3 Å². The zero-order valence-corrected chi connectivity index (χ0v) is 18.1. The van der Waals surface area contributed by atoms with Crippen LogP contribution in [0.5, 0.6) is 0 Å². The van der Waals surface area contributed by atoms with Crippen molar-refractivity contribution < 1.29 is 19.1 Å². The molecule has 30 heavy (non-hydrogen) atoms. The Hall–Kier alpha value is -2.07. The second-order valence-electron chi connectivity index (χ2n) is 7.51. The van der Waals surface area contributed by atoms with E-state index in [0.717, 1.165) is 74.6 Å². The second-order valence-corrected chi connectivity index (χ2v) is 8.51. The minimum Gasteiger partial charge on any atom is -0.462 e. The number of fused-ring (bicyclic) bond motifs is 2. The monoisotopic (exact) mass is 432 g/mol. The third kappa shape index (κ3) is 4.80. The van der Waals surface area contributed by atoms with E-state index in [2.05, 4.69) is 21.6 Å². The van der Waals surface area contributed by atoms with Crippen LogP contribution < -0.4 is 10.6 Å². The third-order valence-electron chi connectivity index (χ3n) is 5.43. The highest BCUT2D eigenvalue weighted by atomic mass is 32.1. The lowest BCUT2D eigenvalue weighted by Crippen LogP contribution is -2.41. The smallest absolute Gasteiger partial charge is 0.350 e. The largest absolute Gasteiger partial charge is 0.462 e. The number of ether oxygens (including phenoxy) is 2. The maximum Gasteiger partial charge on any atom is 0.350 e. The highest BCUT2D eigenvalue weighted by molar-refractivity contribution is 7.21. The molecule has 1 saturated heterocycles. The highest BCUT2D eigenvalue weighted by Gasteiger charge is 2.24. The average Bonchev–Trinajstić information content (AvgIpc) is 3.35. The van der Waals surface area contributed by atoms with Gasteiger partial charge in [-0.2, -0.15) is 0 Å². The molecule has 2 N–H and O–H groups in total. The van der Waals surface area contributed by atoms with Crippen LogP contribution in [0.15, 0.2) is 6.07 Å². The Morgan fingerprint density at radius 3 is 2.93 bits per heavy atom. The van der Waals surface area contributed by atoms with E-state index in [4.69, 9.17) is 14.5 Å². The molecule has 3 heterocycles. The lowest BCUT2D eigenvalue weighted by molar-refractivity contribution is -0.115. The molecule has 2 aliphatic rings. The molecular formula is C21H28N4O4S. The average molecular weight is 433 g/mol. The van der Waals surface area contributed by atoms with Gasteiger partial charge in [-0.1, -0.05) is 0 Å². The number of thiophene rings is 1. The number of amides is 1. The highest BCUT2D eigenvalue weighted by Crippen LogP contribution is 2.38. The van der Waals surface area contributed by atoms with Crippen molar-refractivity contribution in [2.45, 2.75) is 26.2 Å². The van der Waals surface area contributed by atoms with Gasteiger partial charge >= 0.3 is 5.97 Å². The predicted octanol–water partition coefficient (Wildman–Crippen LogP) is 1.82. The fraction of sp³-hybridized carbons (Fsp3) is 0.571. The minimum atomic E-state index is -0.420. The van der Waals surface area contributed by atoms with Crippen molar-refractivity contribution in [3.8, 4) is 0 Å². The van der Waals surface area contributed by atoms with E-state index >= 15 is 0 Å². The van der Waals surface area contributed by atoms with Gasteiger partial charge in [0.2, 0.25) is 5.91 Å². The van der Waals surface area contributed by atoms with E-state index in [1.165, 1.54) is 16.9 Å². The fourth-order valence-corrected chi connectivity index (χ4v) is 4.92. The molecule has 8 nitrogen and oxygen atoms in total. The number of aryl methyl sites for hydroxylation is 2. The van der Waals surface area contributed by atoms with Crippen LogP contribution in [0.4, 0.5) is 5.69 Å². The molecule has 2 aromatic heterocycles. The molecule has 0 spiro atoms. The third-order valence-corrected chi connectivity index (χ3v) is 6.51. The van der Waals surface area contributed by atoms with Crippen molar-refractivity contribution in [1.82, 2.24) is 15.2 Å². The van der Waals surface area contributed by atoms with Gasteiger partial charge in [0.05, 0.1) is 32.1 Å². The Morgan fingerprint density at radius 1 is 1.30 bits per heavy atom. The second kappa shape index (κ2) is 9.82. The number of nitrogens with zero attached hydrogens (tertiary/aromatic N) is 2. The first-order valence-electron chi connectivity index (χ1n) is 10.6. The molecule has 0 unspecified atom stereocenters. The number of hydrogen-bond acceptors (Lipinski definition) is 8. The number of morpholine rings is 1. The van der Waals surface area contributed by atoms with Crippen molar-refractivity contribution in [2.75, 3.05) is 57.9 Å². The van der Waals surface area contributed by atoms with Crippen LogP contribution in [0.1, 0.15) is 34.3 Å². The first-order valence-corrected chi connectivity index (χ1v) is 11.4. The van der Waals surface area contributed by atoms with Crippen LogP contribution >= 0.6 is 11.3 Å². The summed E-state index contributed by atoms with van der Waals surface area (Å²) in [5, 5.41) is 6.95. The molecule has 1 aliphatic carbocycles. The number of carbonyl (C=O) groups excluding carboxylic acids is 2. The number of esters is 1. The molecular weight excluding hydrogens is 404 g/mol. The SMILES string of the molecule is CCOC(=O)c1sc2nc3c(cc2c1NC(=O)CNCCN1CCOCC1)CCC3. The van der Waals surface area contributed by atoms with Crippen molar-refractivity contribution in [2.24, 2.45) is 0 Å². The normalized spacial score (nSPS) is 16.6. The van der Waals surface area contributed by atoms with Crippen LogP contribution in [0.3, 0.4) is 0 Å². The molecule has 1 aliphatic heterocycles. The molecule has 1 amide bonds. The summed E-state index contributed by atoms with van der Waals surface area (Å²) in [6.07, 6.45) is 3.05. The lowest BCUT2D eigenvalue weighted by Gasteiger charge is -2.26. The van der Waals surface area contributed by atoms with Crippen LogP contribution in [0, 0.1) is 0 Å². The maximum atomic E-state index is 12.6. The van der Waals surface area contributed by atoms with Gasteiger partial charge in [0.15, 0.2) is 0 Å². The number of carbonyl (C=O) groups is 2. The Kier molecular flexibility index (Phi) is 6.93. The van der Waals surface area contributed by atoms with Gasteiger partial charge in [-0.25, -0.2) is 9.78 Å². The van der Waals surface area contributed by atoms with E-state index in [1.54, 1.807) is 6.92 Å². The topological polar surface area (TPSA) is 92.8 Å². The van der Waals surface area contributed by atoms with Crippen LogP contribution in [0.2, 0.25) is 0 Å². The summed E-state index contributed by atoms with van der Waals surface area (Å²) in [5.74, 6) is -0.598. The predicted molar refractivity (Wildman–Crippen MR) is 116 cm³/mol. The summed E-state index contributed by atoms with van der Waals surface area (Å²) in [6, 6.07) is 2.07. The summed E-state index contributed by atoms with van der Waals surface area (Å²) in [6.45, 7) is 7.22. The Morgan fingerprint density at radius 2 is 2.13 bits per heavy atom. The van der Waals surface area contributed by atoms with Gasteiger partial charge < -0.3 is 20.1 Å².